The van der Waals surface area contributed by atoms with Crippen LogP contribution in [0.1, 0.15) is 24.0 Å². The second-order valence-corrected chi connectivity index (χ2v) is 4.45. The van der Waals surface area contributed by atoms with Crippen molar-refractivity contribution < 1.29 is 9.53 Å². The van der Waals surface area contributed by atoms with Crippen LogP contribution in [0.3, 0.4) is 0 Å². The van der Waals surface area contributed by atoms with Crippen LogP contribution in [0.15, 0.2) is 18.2 Å². The molecule has 0 aromatic heterocycles. The summed E-state index contributed by atoms with van der Waals surface area (Å²) in [6, 6.07) is 5.92. The first-order valence-corrected chi connectivity index (χ1v) is 6.13. The first-order valence-electron chi connectivity index (χ1n) is 6.13. The first-order chi connectivity index (χ1) is 8.54. The van der Waals surface area contributed by atoms with Crippen molar-refractivity contribution in [3.63, 3.8) is 0 Å². The summed E-state index contributed by atoms with van der Waals surface area (Å²) in [6.45, 7) is 2.36. The quantitative estimate of drug-likeness (QED) is 0.859. The number of nitrogens with zero attached hydrogens (tertiary/aromatic N) is 1. The van der Waals surface area contributed by atoms with Crippen LogP contribution in [0.5, 0.6) is 5.75 Å². The Labute approximate surface area is 109 Å². The molecule has 0 saturated carbocycles. The minimum Gasteiger partial charge on any atom is -0.496 e. The van der Waals surface area contributed by atoms with Crippen molar-refractivity contribution in [1.82, 2.24) is 4.90 Å². The van der Waals surface area contributed by atoms with E-state index in [1.165, 1.54) is 5.56 Å². The van der Waals surface area contributed by atoms with Gasteiger partial charge in [0.05, 0.1) is 13.0 Å². The van der Waals surface area contributed by atoms with Crippen LogP contribution in [0.25, 0.3) is 0 Å². The van der Waals surface area contributed by atoms with E-state index in [-0.39, 0.29) is 18.4 Å². The molecule has 0 saturated heterocycles. The maximum absolute atomic E-state index is 12.1. The molecular formula is C14H22N2O2. The number of hydrogen-bond donors (Lipinski definition) is 1. The highest BCUT2D eigenvalue weighted by Crippen LogP contribution is 2.28. The molecule has 1 unspecified atom stereocenters. The zero-order valence-corrected chi connectivity index (χ0v) is 11.6. The summed E-state index contributed by atoms with van der Waals surface area (Å²) in [5.41, 5.74) is 7.81. The maximum atomic E-state index is 12.1. The SMILES string of the molecule is CCc1ccc(OC)c(C(CN)C(=O)N(C)C)c1. The van der Waals surface area contributed by atoms with Crippen LogP contribution < -0.4 is 10.5 Å². The highest BCUT2D eigenvalue weighted by atomic mass is 16.5. The van der Waals surface area contributed by atoms with Gasteiger partial charge in [0.25, 0.3) is 0 Å². The highest BCUT2D eigenvalue weighted by Gasteiger charge is 2.24. The average Bonchev–Trinajstić information content (AvgIpc) is 2.39. The number of carbonyl (C=O) groups is 1. The van der Waals surface area contributed by atoms with Gasteiger partial charge in [0.1, 0.15) is 5.75 Å². The molecule has 0 spiro atoms. The molecule has 4 nitrogen and oxygen atoms in total. The number of hydrogen-bond acceptors (Lipinski definition) is 3. The molecule has 1 atom stereocenters. The molecule has 1 aromatic carbocycles. The van der Waals surface area contributed by atoms with Crippen LogP contribution in [0, 0.1) is 0 Å². The number of ether oxygens (including phenoxy) is 1. The molecule has 0 bridgehead atoms. The summed E-state index contributed by atoms with van der Waals surface area (Å²) in [4.78, 5) is 13.7. The number of benzene rings is 1. The minimum absolute atomic E-state index is 0.00375. The molecule has 1 aromatic rings. The molecule has 0 aliphatic carbocycles. The molecule has 0 fully saturated rings. The number of rotatable bonds is 5. The maximum Gasteiger partial charge on any atom is 0.231 e. The van der Waals surface area contributed by atoms with E-state index in [1.807, 2.05) is 18.2 Å². The Hall–Kier alpha value is -1.55. The van der Waals surface area contributed by atoms with Gasteiger partial charge in [0.2, 0.25) is 5.91 Å². The Morgan fingerprint density at radius 3 is 2.56 bits per heavy atom. The lowest BCUT2D eigenvalue weighted by Crippen LogP contribution is -2.32. The number of amides is 1. The zero-order chi connectivity index (χ0) is 13.7. The lowest BCUT2D eigenvalue weighted by Gasteiger charge is -2.21. The predicted molar refractivity (Wildman–Crippen MR) is 72.9 cm³/mol. The molecule has 4 heteroatoms. The Bertz CT molecular complexity index is 416. The van der Waals surface area contributed by atoms with Gasteiger partial charge in [-0.05, 0) is 18.1 Å². The molecule has 0 heterocycles. The van der Waals surface area contributed by atoms with Crippen molar-refractivity contribution in [3.8, 4) is 5.75 Å². The number of carbonyl (C=O) groups excluding carboxylic acids is 1. The van der Waals surface area contributed by atoms with Gasteiger partial charge in [0.15, 0.2) is 0 Å². The fraction of sp³-hybridized carbons (Fsp3) is 0.500. The third kappa shape index (κ3) is 3.01. The number of aryl methyl sites for hydroxylation is 1. The van der Waals surface area contributed by atoms with E-state index in [2.05, 4.69) is 6.92 Å². The molecule has 1 rings (SSSR count). The van der Waals surface area contributed by atoms with Gasteiger partial charge in [-0.1, -0.05) is 19.1 Å². The Kier molecular flexibility index (Phi) is 5.16. The van der Waals surface area contributed by atoms with Crippen molar-refractivity contribution in [2.75, 3.05) is 27.7 Å². The van der Waals surface area contributed by atoms with Gasteiger partial charge in [-0.3, -0.25) is 4.79 Å². The van der Waals surface area contributed by atoms with Crippen molar-refractivity contribution in [2.24, 2.45) is 5.73 Å². The van der Waals surface area contributed by atoms with E-state index in [0.717, 1.165) is 17.7 Å². The zero-order valence-electron chi connectivity index (χ0n) is 11.6. The monoisotopic (exact) mass is 250 g/mol. The van der Waals surface area contributed by atoms with Crippen molar-refractivity contribution in [1.29, 1.82) is 0 Å². The smallest absolute Gasteiger partial charge is 0.231 e. The predicted octanol–water partition coefficient (Wildman–Crippen LogP) is 1.39. The lowest BCUT2D eigenvalue weighted by molar-refractivity contribution is -0.130. The van der Waals surface area contributed by atoms with E-state index in [1.54, 1.807) is 26.1 Å². The Morgan fingerprint density at radius 2 is 2.11 bits per heavy atom. The second kappa shape index (κ2) is 6.40. The molecule has 0 radical (unpaired) electrons. The second-order valence-electron chi connectivity index (χ2n) is 4.45. The van der Waals surface area contributed by atoms with Gasteiger partial charge in [-0.2, -0.15) is 0 Å². The molecule has 0 aliphatic heterocycles. The molecule has 2 N–H and O–H groups in total. The molecular weight excluding hydrogens is 228 g/mol. The summed E-state index contributed by atoms with van der Waals surface area (Å²) in [7, 11) is 5.08. The van der Waals surface area contributed by atoms with Crippen LogP contribution in [0.4, 0.5) is 0 Å². The molecule has 0 aliphatic rings. The summed E-state index contributed by atoms with van der Waals surface area (Å²) in [5.74, 6) is 0.378. The Morgan fingerprint density at radius 1 is 1.44 bits per heavy atom. The van der Waals surface area contributed by atoms with E-state index in [9.17, 15) is 4.79 Å². The average molecular weight is 250 g/mol. The fourth-order valence-corrected chi connectivity index (χ4v) is 1.95. The van der Waals surface area contributed by atoms with Crippen LogP contribution in [0.2, 0.25) is 0 Å². The topological polar surface area (TPSA) is 55.6 Å². The first kappa shape index (κ1) is 14.5. The van der Waals surface area contributed by atoms with Crippen molar-refractivity contribution >= 4 is 5.91 Å². The molecule has 100 valence electrons. The van der Waals surface area contributed by atoms with Gasteiger partial charge in [0, 0.05) is 26.2 Å². The number of likely N-dealkylation sites (N-methyl/N-ethyl adjacent to an activating group) is 1. The molecule has 18 heavy (non-hydrogen) atoms. The number of methoxy groups -OCH3 is 1. The Balaban J connectivity index is 3.21. The van der Waals surface area contributed by atoms with Crippen molar-refractivity contribution in [3.05, 3.63) is 29.3 Å². The third-order valence-corrected chi connectivity index (χ3v) is 3.05. The standard InChI is InChI=1S/C14H22N2O2/c1-5-10-6-7-13(18-4)11(8-10)12(9-15)14(17)16(2)3/h6-8,12H,5,9,15H2,1-4H3. The largest absolute Gasteiger partial charge is 0.496 e. The number of nitrogens with two attached hydrogens (primary N) is 1. The van der Waals surface area contributed by atoms with Crippen LogP contribution in [-0.4, -0.2) is 38.6 Å². The van der Waals surface area contributed by atoms with Gasteiger partial charge in [-0.15, -0.1) is 0 Å². The molecule has 1 amide bonds. The minimum atomic E-state index is -0.346. The highest BCUT2D eigenvalue weighted by molar-refractivity contribution is 5.84. The van der Waals surface area contributed by atoms with E-state index >= 15 is 0 Å². The van der Waals surface area contributed by atoms with E-state index < -0.39 is 0 Å². The van der Waals surface area contributed by atoms with E-state index in [0.29, 0.717) is 0 Å². The van der Waals surface area contributed by atoms with Crippen LogP contribution >= 0.6 is 0 Å². The van der Waals surface area contributed by atoms with Gasteiger partial charge in [-0.25, -0.2) is 0 Å². The van der Waals surface area contributed by atoms with Gasteiger partial charge >= 0.3 is 0 Å². The van der Waals surface area contributed by atoms with E-state index in [4.69, 9.17) is 10.5 Å². The fourth-order valence-electron chi connectivity index (χ4n) is 1.95. The summed E-state index contributed by atoms with van der Waals surface area (Å²) < 4.78 is 5.33. The summed E-state index contributed by atoms with van der Waals surface area (Å²) in [6.07, 6.45) is 0.921. The van der Waals surface area contributed by atoms with Gasteiger partial charge < -0.3 is 15.4 Å². The third-order valence-electron chi connectivity index (χ3n) is 3.05. The normalized spacial score (nSPS) is 12.1. The van der Waals surface area contributed by atoms with Crippen molar-refractivity contribution in [2.45, 2.75) is 19.3 Å². The summed E-state index contributed by atoms with van der Waals surface area (Å²) >= 11 is 0. The summed E-state index contributed by atoms with van der Waals surface area (Å²) in [5, 5.41) is 0. The van der Waals surface area contributed by atoms with Crippen LogP contribution in [-0.2, 0) is 11.2 Å². The lowest BCUT2D eigenvalue weighted by atomic mass is 9.94.